The lowest BCUT2D eigenvalue weighted by molar-refractivity contribution is -0.136. The smallest absolute Gasteiger partial charge is 0.324 e. The molecule has 0 radical (unpaired) electrons. The molecule has 0 unspecified atom stereocenters. The number of anilines is 4. The van der Waals surface area contributed by atoms with Crippen molar-refractivity contribution >= 4 is 34.2 Å². The minimum absolute atomic E-state index is 0.0611. The van der Waals surface area contributed by atoms with Crippen molar-refractivity contribution in [3.63, 3.8) is 0 Å². The molecule has 0 saturated heterocycles. The molecule has 4 aromatic rings. The molecule has 0 aliphatic heterocycles. The Balaban J connectivity index is 1.68. The summed E-state index contributed by atoms with van der Waals surface area (Å²) in [5, 5.41) is 10.1. The molecule has 0 spiro atoms. The van der Waals surface area contributed by atoms with Crippen LogP contribution in [0.25, 0.3) is 10.9 Å². The summed E-state index contributed by atoms with van der Waals surface area (Å²) in [6, 6.07) is 13.4. The van der Waals surface area contributed by atoms with Gasteiger partial charge in [-0.05, 0) is 42.8 Å². The van der Waals surface area contributed by atoms with Gasteiger partial charge in [-0.15, -0.1) is 0 Å². The number of para-hydroxylation sites is 1. The molecule has 2 N–H and O–H groups in total. The Hall–Kier alpha value is -3.62. The number of halogens is 3. The molecule has 0 atom stereocenters. The third-order valence-electron chi connectivity index (χ3n) is 4.46. The van der Waals surface area contributed by atoms with E-state index in [1.807, 2.05) is 31.2 Å². The fourth-order valence-electron chi connectivity index (χ4n) is 3.08. The van der Waals surface area contributed by atoms with E-state index in [2.05, 4.69) is 25.5 Å². The fraction of sp³-hybridized carbons (Fsp3) is 0.150. The molecule has 0 aliphatic rings. The van der Waals surface area contributed by atoms with Crippen molar-refractivity contribution in [2.45, 2.75) is 13.1 Å². The van der Waals surface area contributed by atoms with Crippen LogP contribution >= 0.6 is 0 Å². The first-order chi connectivity index (χ1) is 13.8. The zero-order valence-electron chi connectivity index (χ0n) is 15.6. The van der Waals surface area contributed by atoms with E-state index in [9.17, 15) is 13.2 Å². The highest BCUT2D eigenvalue weighted by atomic mass is 19.4. The molecule has 0 fully saturated rings. The Morgan fingerprint density at radius 3 is 2.62 bits per heavy atom. The largest absolute Gasteiger partial charge is 0.418 e. The fourth-order valence-corrected chi connectivity index (χ4v) is 3.08. The summed E-state index contributed by atoms with van der Waals surface area (Å²) in [6.45, 7) is 1.98. The lowest BCUT2D eigenvalue weighted by atomic mass is 10.1. The highest BCUT2D eigenvalue weighted by Gasteiger charge is 2.34. The number of hydrogen-bond acceptors (Lipinski definition) is 5. The van der Waals surface area contributed by atoms with Gasteiger partial charge < -0.3 is 10.2 Å². The summed E-state index contributed by atoms with van der Waals surface area (Å²) in [5.74, 6) is 1.20. The van der Waals surface area contributed by atoms with Gasteiger partial charge in [-0.2, -0.15) is 23.3 Å². The zero-order chi connectivity index (χ0) is 20.6. The monoisotopic (exact) mass is 398 g/mol. The van der Waals surface area contributed by atoms with Crippen LogP contribution in [0.4, 0.5) is 36.4 Å². The Bertz CT molecular complexity index is 1170. The predicted molar refractivity (Wildman–Crippen MR) is 106 cm³/mol. The molecular weight excluding hydrogens is 381 g/mol. The van der Waals surface area contributed by atoms with Crippen LogP contribution in [0.3, 0.4) is 0 Å². The van der Waals surface area contributed by atoms with Crippen LogP contribution in [-0.4, -0.2) is 27.2 Å². The van der Waals surface area contributed by atoms with Crippen molar-refractivity contribution in [2.24, 2.45) is 0 Å². The van der Waals surface area contributed by atoms with Gasteiger partial charge in [0.05, 0.1) is 11.1 Å². The van der Waals surface area contributed by atoms with E-state index in [0.29, 0.717) is 23.0 Å². The van der Waals surface area contributed by atoms with Crippen LogP contribution in [-0.2, 0) is 6.18 Å². The van der Waals surface area contributed by atoms with E-state index in [0.717, 1.165) is 17.3 Å². The number of aryl methyl sites for hydroxylation is 1. The number of aromatic nitrogens is 4. The maximum Gasteiger partial charge on any atom is 0.418 e. The minimum Gasteiger partial charge on any atom is -0.324 e. The van der Waals surface area contributed by atoms with E-state index in [-0.39, 0.29) is 5.52 Å². The van der Waals surface area contributed by atoms with Crippen LogP contribution in [0.15, 0.2) is 54.7 Å². The normalized spacial score (nSPS) is 11.6. The number of hydrogen-bond donors (Lipinski definition) is 2. The number of benzene rings is 2. The second-order valence-corrected chi connectivity index (χ2v) is 6.57. The minimum atomic E-state index is -4.47. The second-order valence-electron chi connectivity index (χ2n) is 6.57. The third kappa shape index (κ3) is 3.71. The third-order valence-corrected chi connectivity index (χ3v) is 4.46. The van der Waals surface area contributed by atoms with Crippen molar-refractivity contribution in [3.05, 3.63) is 65.9 Å². The maximum absolute atomic E-state index is 13.2. The quantitative estimate of drug-likeness (QED) is 0.495. The molecule has 2 aromatic heterocycles. The summed E-state index contributed by atoms with van der Waals surface area (Å²) in [6.07, 6.45) is -2.89. The van der Waals surface area contributed by atoms with E-state index in [1.165, 1.54) is 6.07 Å². The molecule has 0 aliphatic carbocycles. The highest BCUT2D eigenvalue weighted by molar-refractivity contribution is 5.94. The number of H-pyrrole nitrogens is 1. The average molecular weight is 398 g/mol. The Morgan fingerprint density at radius 2 is 1.86 bits per heavy atom. The van der Waals surface area contributed by atoms with Gasteiger partial charge in [-0.3, -0.25) is 5.10 Å². The number of fused-ring (bicyclic) bond motifs is 1. The first-order valence-corrected chi connectivity index (χ1v) is 8.77. The molecule has 2 aromatic carbocycles. The van der Waals surface area contributed by atoms with E-state index < -0.39 is 11.7 Å². The molecule has 0 amide bonds. The van der Waals surface area contributed by atoms with Crippen LogP contribution < -0.4 is 10.2 Å². The van der Waals surface area contributed by atoms with Crippen LogP contribution in [0, 0.1) is 6.92 Å². The SMILES string of the molecule is Cc1cccc(Nc2nccc(N(C)c3n[nH]c4c(C(F)(F)F)cccc34)n2)c1. The second kappa shape index (κ2) is 7.08. The van der Waals surface area contributed by atoms with Crippen molar-refractivity contribution in [3.8, 4) is 0 Å². The number of aromatic amines is 1. The predicted octanol–water partition coefficient (Wildman–Crippen LogP) is 5.19. The van der Waals surface area contributed by atoms with Gasteiger partial charge in [0.15, 0.2) is 5.82 Å². The van der Waals surface area contributed by atoms with Gasteiger partial charge in [-0.1, -0.05) is 18.2 Å². The molecular formula is C20H17F3N6. The van der Waals surface area contributed by atoms with Crippen LogP contribution in [0.5, 0.6) is 0 Å². The van der Waals surface area contributed by atoms with Gasteiger partial charge in [-0.25, -0.2) is 4.98 Å². The molecule has 29 heavy (non-hydrogen) atoms. The number of alkyl halides is 3. The van der Waals surface area contributed by atoms with Crippen molar-refractivity contribution < 1.29 is 13.2 Å². The number of nitrogens with zero attached hydrogens (tertiary/aromatic N) is 4. The molecule has 148 valence electrons. The Morgan fingerprint density at radius 1 is 1.07 bits per heavy atom. The first-order valence-electron chi connectivity index (χ1n) is 8.77. The molecule has 2 heterocycles. The average Bonchev–Trinajstić information content (AvgIpc) is 3.11. The van der Waals surface area contributed by atoms with Gasteiger partial charge in [0.2, 0.25) is 5.95 Å². The van der Waals surface area contributed by atoms with Crippen molar-refractivity contribution in [2.75, 3.05) is 17.3 Å². The lowest BCUT2D eigenvalue weighted by Gasteiger charge is -2.17. The summed E-state index contributed by atoms with van der Waals surface area (Å²) < 4.78 is 39.7. The Labute approximate surface area is 164 Å². The number of rotatable bonds is 4. The van der Waals surface area contributed by atoms with E-state index >= 15 is 0 Å². The summed E-state index contributed by atoms with van der Waals surface area (Å²) in [7, 11) is 1.69. The molecule has 6 nitrogen and oxygen atoms in total. The van der Waals surface area contributed by atoms with Crippen molar-refractivity contribution in [1.29, 1.82) is 0 Å². The van der Waals surface area contributed by atoms with Gasteiger partial charge >= 0.3 is 6.18 Å². The van der Waals surface area contributed by atoms with E-state index in [4.69, 9.17) is 0 Å². The molecule has 0 saturated carbocycles. The zero-order valence-corrected chi connectivity index (χ0v) is 15.6. The van der Waals surface area contributed by atoms with Crippen LogP contribution in [0.1, 0.15) is 11.1 Å². The summed E-state index contributed by atoms with van der Waals surface area (Å²) >= 11 is 0. The molecule has 4 rings (SSSR count). The van der Waals surface area contributed by atoms with Gasteiger partial charge in [0, 0.05) is 24.3 Å². The summed E-state index contributed by atoms with van der Waals surface area (Å²) in [4.78, 5) is 10.3. The molecule has 9 heteroatoms. The number of nitrogens with one attached hydrogen (secondary N) is 2. The lowest BCUT2D eigenvalue weighted by Crippen LogP contribution is -2.13. The first kappa shape index (κ1) is 18.7. The maximum atomic E-state index is 13.2. The highest BCUT2D eigenvalue weighted by Crippen LogP contribution is 2.37. The summed E-state index contributed by atoms with van der Waals surface area (Å²) in [5.41, 5.74) is 1.11. The Kier molecular flexibility index (Phi) is 4.57. The topological polar surface area (TPSA) is 69.7 Å². The van der Waals surface area contributed by atoms with Gasteiger partial charge in [0.1, 0.15) is 5.82 Å². The van der Waals surface area contributed by atoms with E-state index in [1.54, 1.807) is 30.3 Å². The van der Waals surface area contributed by atoms with Crippen LogP contribution in [0.2, 0.25) is 0 Å². The molecule has 0 bridgehead atoms. The van der Waals surface area contributed by atoms with Crippen molar-refractivity contribution in [1.82, 2.24) is 20.2 Å². The standard InChI is InChI=1S/C20H17F3N6/c1-12-5-3-6-13(11-12)25-19-24-10-9-16(26-19)29(2)18-14-7-4-8-15(20(21,22)23)17(14)27-28-18/h3-11H,1-2H3,(H,27,28)(H,24,25,26). The van der Waals surface area contributed by atoms with Gasteiger partial charge in [0.25, 0.3) is 0 Å².